The maximum absolute atomic E-state index is 12.9. The average Bonchev–Trinajstić information content (AvgIpc) is 2.90. The number of rotatable bonds is 4. The van der Waals surface area contributed by atoms with E-state index < -0.39 is 17.4 Å². The number of aliphatic carboxylic acids is 1. The summed E-state index contributed by atoms with van der Waals surface area (Å²) in [5.74, 6) is -1.63. The van der Waals surface area contributed by atoms with Gasteiger partial charge in [0.1, 0.15) is 5.54 Å². The van der Waals surface area contributed by atoms with Crippen LogP contribution in [0.15, 0.2) is 18.2 Å². The quantitative estimate of drug-likeness (QED) is 0.831. The Hall–Kier alpha value is -2.08. The van der Waals surface area contributed by atoms with E-state index in [1.54, 1.807) is 13.0 Å². The predicted molar refractivity (Wildman–Crippen MR) is 100 cm³/mol. The van der Waals surface area contributed by atoms with Crippen molar-refractivity contribution in [2.24, 2.45) is 5.41 Å². The molecule has 2 rings (SSSR count). The summed E-state index contributed by atoms with van der Waals surface area (Å²) in [6.45, 7) is 7.79. The Labute approximate surface area is 158 Å². The van der Waals surface area contributed by atoms with Gasteiger partial charge in [-0.05, 0) is 43.4 Å². The first-order valence-electron chi connectivity index (χ1n) is 8.59. The van der Waals surface area contributed by atoms with Gasteiger partial charge in [0.15, 0.2) is 0 Å². The van der Waals surface area contributed by atoms with E-state index in [4.69, 9.17) is 11.6 Å². The zero-order chi connectivity index (χ0) is 19.7. The molecule has 1 heterocycles. The first-order chi connectivity index (χ1) is 11.9. The van der Waals surface area contributed by atoms with Gasteiger partial charge in [0.25, 0.3) is 5.91 Å². The fourth-order valence-electron chi connectivity index (χ4n) is 3.11. The zero-order valence-corrected chi connectivity index (χ0v) is 16.3. The maximum atomic E-state index is 12.9. The molecule has 0 aliphatic carbocycles. The second kappa shape index (κ2) is 7.27. The third-order valence-electron chi connectivity index (χ3n) is 4.52. The van der Waals surface area contributed by atoms with Crippen molar-refractivity contribution in [3.8, 4) is 0 Å². The first-order valence-corrected chi connectivity index (χ1v) is 8.97. The number of carboxylic acids is 1. The molecule has 0 radical (unpaired) electrons. The summed E-state index contributed by atoms with van der Waals surface area (Å²) in [5, 5.41) is 12.5. The Kier molecular flexibility index (Phi) is 5.66. The molecule has 7 heteroatoms. The third-order valence-corrected chi connectivity index (χ3v) is 4.85. The van der Waals surface area contributed by atoms with Gasteiger partial charge >= 0.3 is 5.97 Å². The molecule has 1 aliphatic heterocycles. The minimum atomic E-state index is -1.24. The molecule has 0 spiro atoms. The standard InChI is InChI=1S/C19H25ClN2O4/c1-18(2,3)11-15(23)21-12-6-7-14(20)13(10-12)16(24)22-9-5-8-19(22,4)17(25)26/h6-7,10H,5,8-9,11H2,1-4H3,(H,21,23)(H,25,26). The van der Waals surface area contributed by atoms with Crippen LogP contribution in [0.5, 0.6) is 0 Å². The molecule has 142 valence electrons. The van der Waals surface area contributed by atoms with Crippen molar-refractivity contribution < 1.29 is 19.5 Å². The largest absolute Gasteiger partial charge is 0.480 e. The Morgan fingerprint density at radius 2 is 1.96 bits per heavy atom. The van der Waals surface area contributed by atoms with Crippen LogP contribution in [0, 0.1) is 5.41 Å². The molecule has 2 N–H and O–H groups in total. The number of benzene rings is 1. The highest BCUT2D eigenvalue weighted by molar-refractivity contribution is 6.34. The lowest BCUT2D eigenvalue weighted by molar-refractivity contribution is -0.147. The number of halogens is 1. The van der Waals surface area contributed by atoms with Gasteiger partial charge in [0.05, 0.1) is 10.6 Å². The van der Waals surface area contributed by atoms with Crippen molar-refractivity contribution >= 4 is 35.1 Å². The van der Waals surface area contributed by atoms with E-state index in [2.05, 4.69) is 5.32 Å². The van der Waals surface area contributed by atoms with E-state index in [1.165, 1.54) is 17.0 Å². The minimum Gasteiger partial charge on any atom is -0.480 e. The number of nitrogens with one attached hydrogen (secondary N) is 1. The van der Waals surface area contributed by atoms with Crippen molar-refractivity contribution in [1.82, 2.24) is 4.90 Å². The van der Waals surface area contributed by atoms with Crippen molar-refractivity contribution in [3.05, 3.63) is 28.8 Å². The van der Waals surface area contributed by atoms with E-state index in [9.17, 15) is 19.5 Å². The number of likely N-dealkylation sites (tertiary alicyclic amines) is 1. The minimum absolute atomic E-state index is 0.158. The molecule has 0 saturated carbocycles. The fourth-order valence-corrected chi connectivity index (χ4v) is 3.31. The van der Waals surface area contributed by atoms with E-state index in [-0.39, 0.29) is 21.9 Å². The summed E-state index contributed by atoms with van der Waals surface area (Å²) in [6.07, 6.45) is 1.35. The molecule has 1 aromatic rings. The van der Waals surface area contributed by atoms with Crippen LogP contribution in [0.2, 0.25) is 5.02 Å². The SMILES string of the molecule is CC(C)(C)CC(=O)Nc1ccc(Cl)c(C(=O)N2CCCC2(C)C(=O)O)c1. The number of hydrogen-bond acceptors (Lipinski definition) is 3. The van der Waals surface area contributed by atoms with Crippen LogP contribution in [0.25, 0.3) is 0 Å². The summed E-state index contributed by atoms with van der Waals surface area (Å²) in [6, 6.07) is 4.67. The summed E-state index contributed by atoms with van der Waals surface area (Å²) in [4.78, 5) is 38.0. The number of carboxylic acid groups (broad SMARTS) is 1. The summed E-state index contributed by atoms with van der Waals surface area (Å²) >= 11 is 6.18. The molecule has 1 saturated heterocycles. The normalized spacial score (nSPS) is 20.1. The second-order valence-corrected chi connectivity index (χ2v) is 8.53. The molecule has 2 amide bonds. The lowest BCUT2D eigenvalue weighted by atomic mass is 9.92. The van der Waals surface area contributed by atoms with Gasteiger partial charge in [-0.2, -0.15) is 0 Å². The van der Waals surface area contributed by atoms with Gasteiger partial charge in [-0.1, -0.05) is 32.4 Å². The van der Waals surface area contributed by atoms with Gasteiger partial charge < -0.3 is 15.3 Å². The van der Waals surface area contributed by atoms with Crippen molar-refractivity contribution in [1.29, 1.82) is 0 Å². The molecule has 0 aromatic heterocycles. The van der Waals surface area contributed by atoms with Crippen LogP contribution < -0.4 is 5.32 Å². The maximum Gasteiger partial charge on any atom is 0.329 e. The third kappa shape index (κ3) is 4.36. The van der Waals surface area contributed by atoms with Gasteiger partial charge in [-0.25, -0.2) is 4.79 Å². The average molecular weight is 381 g/mol. The number of carbonyl (C=O) groups is 3. The van der Waals surface area contributed by atoms with E-state index >= 15 is 0 Å². The number of amides is 2. The zero-order valence-electron chi connectivity index (χ0n) is 15.6. The molecule has 0 bridgehead atoms. The number of carbonyl (C=O) groups excluding carboxylic acids is 2. The van der Waals surface area contributed by atoms with Gasteiger partial charge in [-0.15, -0.1) is 0 Å². The number of hydrogen-bond donors (Lipinski definition) is 2. The van der Waals surface area contributed by atoms with E-state index in [1.807, 2.05) is 20.8 Å². The number of anilines is 1. The van der Waals surface area contributed by atoms with Crippen LogP contribution in [0.3, 0.4) is 0 Å². The van der Waals surface area contributed by atoms with Gasteiger partial charge in [-0.3, -0.25) is 9.59 Å². The molecule has 1 aliphatic rings. The van der Waals surface area contributed by atoms with Gasteiger partial charge in [0.2, 0.25) is 5.91 Å². The molecule has 1 atom stereocenters. The summed E-state index contributed by atoms with van der Waals surface area (Å²) < 4.78 is 0. The van der Waals surface area contributed by atoms with Crippen LogP contribution in [-0.4, -0.2) is 39.9 Å². The van der Waals surface area contributed by atoms with Gasteiger partial charge in [0, 0.05) is 18.7 Å². The molecule has 1 unspecified atom stereocenters. The van der Waals surface area contributed by atoms with Crippen molar-refractivity contribution in [3.63, 3.8) is 0 Å². The van der Waals surface area contributed by atoms with Crippen molar-refractivity contribution in [2.45, 2.75) is 52.5 Å². The smallest absolute Gasteiger partial charge is 0.329 e. The molecular formula is C19H25ClN2O4. The number of nitrogens with zero attached hydrogens (tertiary/aromatic N) is 1. The van der Waals surface area contributed by atoms with E-state index in [0.717, 1.165) is 0 Å². The molecular weight excluding hydrogens is 356 g/mol. The van der Waals surface area contributed by atoms with Crippen LogP contribution in [-0.2, 0) is 9.59 Å². The fraction of sp³-hybridized carbons (Fsp3) is 0.526. The van der Waals surface area contributed by atoms with Crippen LogP contribution >= 0.6 is 11.6 Å². The second-order valence-electron chi connectivity index (χ2n) is 8.12. The predicted octanol–water partition coefficient (Wildman–Crippen LogP) is 3.79. The topological polar surface area (TPSA) is 86.7 Å². The first kappa shape index (κ1) is 20.2. The Balaban J connectivity index is 2.26. The Bertz CT molecular complexity index is 742. The molecule has 1 fully saturated rings. The highest BCUT2D eigenvalue weighted by atomic mass is 35.5. The van der Waals surface area contributed by atoms with Crippen LogP contribution in [0.1, 0.15) is 57.3 Å². The molecule has 1 aromatic carbocycles. The molecule has 26 heavy (non-hydrogen) atoms. The van der Waals surface area contributed by atoms with E-state index in [0.29, 0.717) is 31.5 Å². The Morgan fingerprint density at radius 3 is 2.54 bits per heavy atom. The lowest BCUT2D eigenvalue weighted by Crippen LogP contribution is -2.50. The van der Waals surface area contributed by atoms with Crippen molar-refractivity contribution in [2.75, 3.05) is 11.9 Å². The highest BCUT2D eigenvalue weighted by Crippen LogP contribution is 2.33. The molecule has 6 nitrogen and oxygen atoms in total. The monoisotopic (exact) mass is 380 g/mol. The lowest BCUT2D eigenvalue weighted by Gasteiger charge is -2.31. The summed E-state index contributed by atoms with van der Waals surface area (Å²) in [7, 11) is 0. The van der Waals surface area contributed by atoms with Crippen LogP contribution in [0.4, 0.5) is 5.69 Å². The Morgan fingerprint density at radius 1 is 1.31 bits per heavy atom. The summed E-state index contributed by atoms with van der Waals surface area (Å²) in [5.41, 5.74) is -0.752. The highest BCUT2D eigenvalue weighted by Gasteiger charge is 2.46.